The Morgan fingerprint density at radius 3 is 2.63 bits per heavy atom. The van der Waals surface area contributed by atoms with Crippen molar-refractivity contribution in [2.24, 2.45) is 11.7 Å². The predicted octanol–water partition coefficient (Wildman–Crippen LogP) is 1.30. The maximum atomic E-state index is 12.3. The second-order valence-electron chi connectivity index (χ2n) is 5.63. The Bertz CT molecular complexity index is 318. The highest BCUT2D eigenvalue weighted by Gasteiger charge is 2.29. The predicted molar refractivity (Wildman–Crippen MR) is 73.4 cm³/mol. The average molecular weight is 270 g/mol. The molecule has 19 heavy (non-hydrogen) atoms. The smallest absolute Gasteiger partial charge is 0.307 e. The number of nitrogens with two attached hydrogens (primary N) is 1. The molecule has 5 nitrogen and oxygen atoms in total. The van der Waals surface area contributed by atoms with Crippen LogP contribution in [0.4, 0.5) is 0 Å². The summed E-state index contributed by atoms with van der Waals surface area (Å²) in [6.45, 7) is 4.76. The molecule has 0 bridgehead atoms. The molecule has 1 fully saturated rings. The number of esters is 1. The van der Waals surface area contributed by atoms with E-state index >= 15 is 0 Å². The molecule has 2 unspecified atom stereocenters. The van der Waals surface area contributed by atoms with Crippen LogP contribution in [0.1, 0.15) is 46.0 Å². The first-order valence-electron chi connectivity index (χ1n) is 7.07. The van der Waals surface area contributed by atoms with E-state index in [9.17, 15) is 9.59 Å². The number of nitrogens with zero attached hydrogens (tertiary/aromatic N) is 1. The highest BCUT2D eigenvalue weighted by Crippen LogP contribution is 2.21. The third-order valence-electron chi connectivity index (χ3n) is 3.84. The lowest BCUT2D eigenvalue weighted by atomic mass is 9.96. The third-order valence-corrected chi connectivity index (χ3v) is 3.84. The Labute approximate surface area is 115 Å². The topological polar surface area (TPSA) is 72.6 Å². The van der Waals surface area contributed by atoms with E-state index in [1.807, 2.05) is 18.7 Å². The van der Waals surface area contributed by atoms with Crippen molar-refractivity contribution in [3.05, 3.63) is 0 Å². The lowest BCUT2D eigenvalue weighted by molar-refractivity contribution is -0.144. The van der Waals surface area contributed by atoms with Gasteiger partial charge in [-0.2, -0.15) is 0 Å². The fraction of sp³-hybridized carbons (Fsp3) is 0.857. The van der Waals surface area contributed by atoms with Crippen LogP contribution in [0.5, 0.6) is 0 Å². The summed E-state index contributed by atoms with van der Waals surface area (Å²) in [6.07, 6.45) is 3.58. The van der Waals surface area contributed by atoms with Crippen LogP contribution in [0.3, 0.4) is 0 Å². The second-order valence-corrected chi connectivity index (χ2v) is 5.63. The van der Waals surface area contributed by atoms with Crippen LogP contribution in [0, 0.1) is 5.92 Å². The molecule has 1 aliphatic rings. The molecule has 0 radical (unpaired) electrons. The third kappa shape index (κ3) is 4.82. The van der Waals surface area contributed by atoms with Crippen molar-refractivity contribution in [1.82, 2.24) is 4.90 Å². The standard InChI is InChI=1S/C14H26N2O3/c1-10(2)12(15)9-13(17)16-7-5-4-6-11(16)8-14(18)19-3/h10-12H,4-9,15H2,1-3H3. The van der Waals surface area contributed by atoms with Gasteiger partial charge in [0.1, 0.15) is 0 Å². The largest absolute Gasteiger partial charge is 0.469 e. The van der Waals surface area contributed by atoms with E-state index in [1.165, 1.54) is 7.11 Å². The fourth-order valence-electron chi connectivity index (χ4n) is 2.37. The van der Waals surface area contributed by atoms with Gasteiger partial charge in [0.25, 0.3) is 0 Å². The monoisotopic (exact) mass is 270 g/mol. The number of carbonyl (C=O) groups excluding carboxylic acids is 2. The van der Waals surface area contributed by atoms with Crippen LogP contribution in [-0.2, 0) is 14.3 Å². The van der Waals surface area contributed by atoms with Gasteiger partial charge in [0.05, 0.1) is 13.5 Å². The number of amides is 1. The van der Waals surface area contributed by atoms with E-state index in [4.69, 9.17) is 10.5 Å². The van der Waals surface area contributed by atoms with Gasteiger partial charge in [-0.1, -0.05) is 13.8 Å². The molecular weight excluding hydrogens is 244 g/mol. The maximum Gasteiger partial charge on any atom is 0.307 e. The Morgan fingerprint density at radius 1 is 1.37 bits per heavy atom. The van der Waals surface area contributed by atoms with Crippen LogP contribution in [0.15, 0.2) is 0 Å². The van der Waals surface area contributed by atoms with Crippen molar-refractivity contribution >= 4 is 11.9 Å². The quantitative estimate of drug-likeness (QED) is 0.764. The van der Waals surface area contributed by atoms with Gasteiger partial charge in [-0.05, 0) is 25.2 Å². The van der Waals surface area contributed by atoms with Gasteiger partial charge in [0, 0.05) is 25.0 Å². The molecule has 1 saturated heterocycles. The molecule has 0 saturated carbocycles. The summed E-state index contributed by atoms with van der Waals surface area (Å²) in [7, 11) is 1.38. The zero-order valence-corrected chi connectivity index (χ0v) is 12.2. The number of ether oxygens (including phenoxy) is 1. The lowest BCUT2D eigenvalue weighted by Crippen LogP contribution is -2.47. The first-order chi connectivity index (χ1) is 8.95. The molecule has 110 valence electrons. The molecule has 0 aromatic heterocycles. The van der Waals surface area contributed by atoms with E-state index < -0.39 is 0 Å². The van der Waals surface area contributed by atoms with Crippen LogP contribution in [0.2, 0.25) is 0 Å². The molecule has 1 aliphatic heterocycles. The van der Waals surface area contributed by atoms with E-state index in [1.54, 1.807) is 0 Å². The van der Waals surface area contributed by atoms with Gasteiger partial charge >= 0.3 is 5.97 Å². The number of piperidine rings is 1. The molecule has 2 atom stereocenters. The van der Waals surface area contributed by atoms with Gasteiger partial charge in [0.2, 0.25) is 5.91 Å². The van der Waals surface area contributed by atoms with Crippen molar-refractivity contribution in [2.75, 3.05) is 13.7 Å². The minimum atomic E-state index is -0.252. The van der Waals surface area contributed by atoms with Crippen LogP contribution >= 0.6 is 0 Å². The molecule has 5 heteroatoms. The summed E-state index contributed by atoms with van der Waals surface area (Å²) in [5.41, 5.74) is 5.96. The average Bonchev–Trinajstić information content (AvgIpc) is 2.38. The van der Waals surface area contributed by atoms with E-state index in [2.05, 4.69) is 0 Å². The van der Waals surface area contributed by atoms with E-state index in [-0.39, 0.29) is 29.9 Å². The Balaban J connectivity index is 2.60. The van der Waals surface area contributed by atoms with Crippen molar-refractivity contribution < 1.29 is 14.3 Å². The van der Waals surface area contributed by atoms with E-state index in [0.29, 0.717) is 12.8 Å². The van der Waals surface area contributed by atoms with Crippen LogP contribution < -0.4 is 5.73 Å². The summed E-state index contributed by atoms with van der Waals surface area (Å²) < 4.78 is 4.70. The fourth-order valence-corrected chi connectivity index (χ4v) is 2.37. The van der Waals surface area contributed by atoms with Crippen molar-refractivity contribution in [3.63, 3.8) is 0 Å². The molecule has 1 heterocycles. The van der Waals surface area contributed by atoms with Gasteiger partial charge < -0.3 is 15.4 Å². The zero-order chi connectivity index (χ0) is 14.4. The summed E-state index contributed by atoms with van der Waals surface area (Å²) in [4.78, 5) is 25.5. The van der Waals surface area contributed by atoms with Gasteiger partial charge in [-0.15, -0.1) is 0 Å². The molecule has 2 N–H and O–H groups in total. The first kappa shape index (κ1) is 16.0. The van der Waals surface area contributed by atoms with Crippen molar-refractivity contribution in [2.45, 2.75) is 58.0 Å². The number of hydrogen-bond donors (Lipinski definition) is 1. The van der Waals surface area contributed by atoms with Gasteiger partial charge in [-0.3, -0.25) is 9.59 Å². The Morgan fingerprint density at radius 2 is 2.05 bits per heavy atom. The Hall–Kier alpha value is -1.10. The lowest BCUT2D eigenvalue weighted by Gasteiger charge is -2.36. The molecule has 1 amide bonds. The van der Waals surface area contributed by atoms with Crippen LogP contribution in [-0.4, -0.2) is 42.5 Å². The maximum absolute atomic E-state index is 12.3. The summed E-state index contributed by atoms with van der Waals surface area (Å²) >= 11 is 0. The Kier molecular flexibility index (Phi) is 6.28. The van der Waals surface area contributed by atoms with Gasteiger partial charge in [0.15, 0.2) is 0 Å². The minimum Gasteiger partial charge on any atom is -0.469 e. The molecular formula is C14H26N2O3. The second kappa shape index (κ2) is 7.48. The summed E-state index contributed by atoms with van der Waals surface area (Å²) in [6, 6.07) is -0.138. The van der Waals surface area contributed by atoms with Crippen molar-refractivity contribution in [1.29, 1.82) is 0 Å². The van der Waals surface area contributed by atoms with Gasteiger partial charge in [-0.25, -0.2) is 0 Å². The number of likely N-dealkylation sites (tertiary alicyclic amines) is 1. The minimum absolute atomic E-state index is 0.0203. The number of rotatable bonds is 5. The highest BCUT2D eigenvalue weighted by atomic mass is 16.5. The molecule has 0 aliphatic carbocycles. The molecule has 1 rings (SSSR count). The number of carbonyl (C=O) groups is 2. The normalized spacial score (nSPS) is 21.3. The SMILES string of the molecule is COC(=O)CC1CCCCN1C(=O)CC(N)C(C)C. The molecule has 0 aromatic carbocycles. The zero-order valence-electron chi connectivity index (χ0n) is 12.2. The molecule has 0 aromatic rings. The van der Waals surface area contributed by atoms with Crippen molar-refractivity contribution in [3.8, 4) is 0 Å². The molecule has 0 spiro atoms. The summed E-state index contributed by atoms with van der Waals surface area (Å²) in [5, 5.41) is 0. The number of hydrogen-bond acceptors (Lipinski definition) is 4. The summed E-state index contributed by atoms with van der Waals surface area (Å²) in [5.74, 6) is 0.0976. The number of methoxy groups -OCH3 is 1. The van der Waals surface area contributed by atoms with Crippen LogP contribution in [0.25, 0.3) is 0 Å². The first-order valence-corrected chi connectivity index (χ1v) is 7.07. The van der Waals surface area contributed by atoms with E-state index in [0.717, 1.165) is 25.8 Å². The highest BCUT2D eigenvalue weighted by molar-refractivity contribution is 5.78.